The van der Waals surface area contributed by atoms with Gasteiger partial charge in [0.1, 0.15) is 5.82 Å². The van der Waals surface area contributed by atoms with E-state index in [1.807, 2.05) is 56.3 Å². The van der Waals surface area contributed by atoms with Gasteiger partial charge in [-0.2, -0.15) is 0 Å². The number of halogens is 1. The van der Waals surface area contributed by atoms with Crippen molar-refractivity contribution in [3.05, 3.63) is 105 Å². The summed E-state index contributed by atoms with van der Waals surface area (Å²) in [5.74, 6) is 0.347. The Morgan fingerprint density at radius 1 is 1.03 bits per heavy atom. The highest BCUT2D eigenvalue weighted by atomic mass is 35.5. The number of rotatable bonds is 7. The van der Waals surface area contributed by atoms with Crippen molar-refractivity contribution in [1.82, 2.24) is 14.5 Å². The highest BCUT2D eigenvalue weighted by molar-refractivity contribution is 6.33. The zero-order valence-corrected chi connectivity index (χ0v) is 20.4. The number of hydrogen-bond donors (Lipinski definition) is 0. The number of nitrogens with zero attached hydrogens (tertiary/aromatic N) is 3. The third-order valence-corrected chi connectivity index (χ3v) is 6.45. The number of carbonyl (C=O) groups excluding carboxylic acids is 1. The smallest absolute Gasteiger partial charge is 0.266 e. The second-order valence-corrected chi connectivity index (χ2v) is 8.83. The highest BCUT2D eigenvalue weighted by Crippen LogP contribution is 2.27. The largest absolute Gasteiger partial charge is 0.329 e. The predicted molar refractivity (Wildman–Crippen MR) is 138 cm³/mol. The van der Waals surface area contributed by atoms with Crippen LogP contribution in [0.5, 0.6) is 0 Å². The van der Waals surface area contributed by atoms with Crippen LogP contribution in [0, 0.1) is 6.92 Å². The van der Waals surface area contributed by atoms with Crippen LogP contribution in [0.4, 0.5) is 0 Å². The Hall–Kier alpha value is -3.44. The van der Waals surface area contributed by atoms with Crippen molar-refractivity contribution in [2.24, 2.45) is 0 Å². The number of hydrogen-bond acceptors (Lipinski definition) is 3. The normalized spacial score (nSPS) is 12.0. The Morgan fingerprint density at radius 3 is 2.44 bits per heavy atom. The summed E-state index contributed by atoms with van der Waals surface area (Å²) in [6.45, 7) is 6.50. The first-order chi connectivity index (χ1) is 16.4. The van der Waals surface area contributed by atoms with Crippen LogP contribution in [0.3, 0.4) is 0 Å². The Morgan fingerprint density at radius 2 is 1.71 bits per heavy atom. The molecule has 5 nitrogen and oxygen atoms in total. The Balaban J connectivity index is 1.93. The number of aryl methyl sites for hydroxylation is 1. The summed E-state index contributed by atoms with van der Waals surface area (Å²) in [4.78, 5) is 34.1. The van der Waals surface area contributed by atoms with Gasteiger partial charge in [-0.1, -0.05) is 67.4 Å². The van der Waals surface area contributed by atoms with E-state index >= 15 is 0 Å². The second kappa shape index (κ2) is 10.2. The number of carbonyl (C=O) groups is 1. The molecule has 6 heteroatoms. The molecule has 0 aliphatic carbocycles. The summed E-state index contributed by atoms with van der Waals surface area (Å²) in [5, 5.41) is 0.947. The van der Waals surface area contributed by atoms with Gasteiger partial charge in [0.2, 0.25) is 0 Å². The van der Waals surface area contributed by atoms with Gasteiger partial charge < -0.3 is 4.90 Å². The first-order valence-electron chi connectivity index (χ1n) is 11.6. The van der Waals surface area contributed by atoms with Crippen molar-refractivity contribution in [3.63, 3.8) is 0 Å². The lowest BCUT2D eigenvalue weighted by Gasteiger charge is -2.31. The van der Waals surface area contributed by atoms with Crippen LogP contribution in [0.1, 0.15) is 54.5 Å². The van der Waals surface area contributed by atoms with Crippen molar-refractivity contribution in [2.45, 2.75) is 39.7 Å². The summed E-state index contributed by atoms with van der Waals surface area (Å²) in [6.07, 6.45) is 1.75. The highest BCUT2D eigenvalue weighted by Gasteiger charge is 2.28. The van der Waals surface area contributed by atoms with Crippen molar-refractivity contribution < 1.29 is 4.79 Å². The fourth-order valence-electron chi connectivity index (χ4n) is 4.21. The first kappa shape index (κ1) is 23.7. The van der Waals surface area contributed by atoms with Crippen LogP contribution >= 0.6 is 11.6 Å². The maximum Gasteiger partial charge on any atom is 0.266 e. The van der Waals surface area contributed by atoms with Crippen molar-refractivity contribution >= 4 is 28.4 Å². The van der Waals surface area contributed by atoms with E-state index in [1.54, 1.807) is 39.8 Å². The van der Waals surface area contributed by atoms with E-state index in [4.69, 9.17) is 16.6 Å². The third kappa shape index (κ3) is 4.48. The van der Waals surface area contributed by atoms with Crippen LogP contribution in [-0.2, 0) is 0 Å². The molecule has 0 saturated heterocycles. The van der Waals surface area contributed by atoms with Gasteiger partial charge >= 0.3 is 0 Å². The molecular formula is C28H28ClN3O2. The first-order valence-corrected chi connectivity index (χ1v) is 11.9. The summed E-state index contributed by atoms with van der Waals surface area (Å²) in [6, 6.07) is 21.7. The lowest BCUT2D eigenvalue weighted by atomic mass is 10.1. The van der Waals surface area contributed by atoms with E-state index < -0.39 is 6.04 Å². The molecule has 0 radical (unpaired) electrons. The molecule has 0 spiro atoms. The minimum atomic E-state index is -0.466. The van der Waals surface area contributed by atoms with Crippen molar-refractivity contribution in [2.75, 3.05) is 6.54 Å². The molecule has 0 fully saturated rings. The minimum Gasteiger partial charge on any atom is -0.329 e. The Labute approximate surface area is 204 Å². The molecule has 4 aromatic rings. The number of amides is 1. The molecule has 1 heterocycles. The molecular weight excluding hydrogens is 446 g/mol. The lowest BCUT2D eigenvalue weighted by molar-refractivity contribution is 0.0678. The van der Waals surface area contributed by atoms with Gasteiger partial charge in [0, 0.05) is 6.54 Å². The second-order valence-electron chi connectivity index (χ2n) is 8.42. The molecule has 1 atom stereocenters. The quantitative estimate of drug-likeness (QED) is 0.314. The molecule has 0 N–H and O–H groups in total. The molecule has 0 saturated carbocycles. The SMILES string of the molecule is CCCCN(C(=O)c1ccccc1Cl)C(C)c1nc2ccccc2c(=O)n1-c1ccccc1C. The van der Waals surface area contributed by atoms with E-state index in [2.05, 4.69) is 6.92 Å². The van der Waals surface area contributed by atoms with Crippen LogP contribution in [0.25, 0.3) is 16.6 Å². The lowest BCUT2D eigenvalue weighted by Crippen LogP contribution is -2.38. The summed E-state index contributed by atoms with van der Waals surface area (Å²) in [5.41, 5.74) is 2.61. The predicted octanol–water partition coefficient (Wildman–Crippen LogP) is 6.35. The Bertz CT molecular complexity index is 1400. The molecule has 3 aromatic carbocycles. The molecule has 34 heavy (non-hydrogen) atoms. The van der Waals surface area contributed by atoms with E-state index in [1.165, 1.54) is 0 Å². The number of aromatic nitrogens is 2. The van der Waals surface area contributed by atoms with Gasteiger partial charge in [-0.25, -0.2) is 4.98 Å². The van der Waals surface area contributed by atoms with Crippen LogP contribution in [0.2, 0.25) is 5.02 Å². The number of fused-ring (bicyclic) bond motifs is 1. The standard InChI is InChI=1S/C28H28ClN3O2/c1-4-5-18-31(27(33)21-13-7-9-15-23(21)29)20(3)26-30-24-16-10-8-14-22(24)28(34)32(26)25-17-11-6-12-19(25)2/h6-17,20H,4-5,18H2,1-3H3. The van der Waals surface area contributed by atoms with Gasteiger partial charge in [0.25, 0.3) is 11.5 Å². The maximum atomic E-state index is 13.7. The van der Waals surface area contributed by atoms with E-state index in [-0.39, 0.29) is 11.5 Å². The average molecular weight is 474 g/mol. The van der Waals surface area contributed by atoms with Crippen LogP contribution < -0.4 is 5.56 Å². The Kier molecular flexibility index (Phi) is 7.13. The number of para-hydroxylation sites is 2. The van der Waals surface area contributed by atoms with Gasteiger partial charge in [0.05, 0.1) is 33.2 Å². The molecule has 0 aliphatic heterocycles. The molecule has 174 valence electrons. The van der Waals surface area contributed by atoms with Crippen molar-refractivity contribution in [3.8, 4) is 5.69 Å². The third-order valence-electron chi connectivity index (χ3n) is 6.12. The number of benzene rings is 3. The van der Waals surface area contributed by atoms with Gasteiger partial charge in [-0.15, -0.1) is 0 Å². The fraction of sp³-hybridized carbons (Fsp3) is 0.250. The van der Waals surface area contributed by atoms with Crippen LogP contribution in [-0.4, -0.2) is 26.9 Å². The van der Waals surface area contributed by atoms with E-state index in [9.17, 15) is 9.59 Å². The topological polar surface area (TPSA) is 55.2 Å². The molecule has 4 rings (SSSR count). The molecule has 1 aromatic heterocycles. The molecule has 0 aliphatic rings. The molecule has 1 amide bonds. The number of unbranched alkanes of at least 4 members (excludes halogenated alkanes) is 1. The minimum absolute atomic E-state index is 0.151. The van der Waals surface area contributed by atoms with Gasteiger partial charge in [-0.05, 0) is 56.2 Å². The van der Waals surface area contributed by atoms with E-state index in [0.29, 0.717) is 33.9 Å². The molecule has 1 unspecified atom stereocenters. The summed E-state index contributed by atoms with van der Waals surface area (Å²) in [7, 11) is 0. The monoisotopic (exact) mass is 473 g/mol. The summed E-state index contributed by atoms with van der Waals surface area (Å²) >= 11 is 6.38. The van der Waals surface area contributed by atoms with E-state index in [0.717, 1.165) is 24.1 Å². The van der Waals surface area contributed by atoms with Crippen LogP contribution in [0.15, 0.2) is 77.6 Å². The van der Waals surface area contributed by atoms with Crippen molar-refractivity contribution in [1.29, 1.82) is 0 Å². The zero-order chi connectivity index (χ0) is 24.2. The maximum absolute atomic E-state index is 13.7. The zero-order valence-electron chi connectivity index (χ0n) is 19.7. The van der Waals surface area contributed by atoms with Gasteiger partial charge in [-0.3, -0.25) is 14.2 Å². The fourth-order valence-corrected chi connectivity index (χ4v) is 4.42. The molecule has 0 bridgehead atoms. The van der Waals surface area contributed by atoms with Gasteiger partial charge in [0.15, 0.2) is 0 Å². The summed E-state index contributed by atoms with van der Waals surface area (Å²) < 4.78 is 1.65. The average Bonchev–Trinajstić information content (AvgIpc) is 2.85.